The number of likely N-dealkylation sites (N-methyl/N-ethyl adjacent to an activating group) is 1. The second kappa shape index (κ2) is 8.61. The second-order valence-corrected chi connectivity index (χ2v) is 8.42. The summed E-state index contributed by atoms with van der Waals surface area (Å²) in [5, 5.41) is 9.71. The van der Waals surface area contributed by atoms with Gasteiger partial charge in [-0.15, -0.1) is 0 Å². The number of carboxylic acid groups (broad SMARTS) is 1. The first-order valence-corrected chi connectivity index (χ1v) is 10.3. The van der Waals surface area contributed by atoms with E-state index in [2.05, 4.69) is 0 Å². The lowest BCUT2D eigenvalue weighted by molar-refractivity contribution is -0.139. The SMILES string of the molecule is CN(CC(=O)O)C1CCCN(C(=O)C2(c3cccc(Cl)c3)CCCC2)CC1. The van der Waals surface area contributed by atoms with Crippen molar-refractivity contribution in [2.45, 2.75) is 56.4 Å². The van der Waals surface area contributed by atoms with Gasteiger partial charge in [0.1, 0.15) is 0 Å². The molecule has 0 aromatic heterocycles. The molecule has 6 heteroatoms. The molecule has 1 unspecified atom stereocenters. The maximum atomic E-state index is 13.6. The number of hydrogen-bond donors (Lipinski definition) is 1. The highest BCUT2D eigenvalue weighted by molar-refractivity contribution is 6.30. The Morgan fingerprint density at radius 3 is 2.63 bits per heavy atom. The minimum absolute atomic E-state index is 0.0467. The van der Waals surface area contributed by atoms with Crippen LogP contribution in [0, 0.1) is 0 Å². The third-order valence-corrected chi connectivity index (χ3v) is 6.47. The highest BCUT2D eigenvalue weighted by Gasteiger charge is 2.45. The zero-order valence-electron chi connectivity index (χ0n) is 16.0. The van der Waals surface area contributed by atoms with E-state index < -0.39 is 11.4 Å². The molecule has 1 saturated heterocycles. The van der Waals surface area contributed by atoms with E-state index in [1.54, 1.807) is 0 Å². The number of amides is 1. The molecule has 5 nitrogen and oxygen atoms in total. The first-order chi connectivity index (χ1) is 12.9. The Morgan fingerprint density at radius 1 is 1.22 bits per heavy atom. The van der Waals surface area contributed by atoms with Gasteiger partial charge < -0.3 is 10.0 Å². The van der Waals surface area contributed by atoms with E-state index in [0.717, 1.165) is 57.1 Å². The second-order valence-electron chi connectivity index (χ2n) is 7.99. The molecule has 148 valence electrons. The first-order valence-electron chi connectivity index (χ1n) is 9.90. The Kier molecular flexibility index (Phi) is 6.43. The number of halogens is 1. The summed E-state index contributed by atoms with van der Waals surface area (Å²) in [6.07, 6.45) is 6.55. The van der Waals surface area contributed by atoms with Crippen molar-refractivity contribution in [2.24, 2.45) is 0 Å². The van der Waals surface area contributed by atoms with Crippen LogP contribution in [0.3, 0.4) is 0 Å². The molecule has 1 amide bonds. The lowest BCUT2D eigenvalue weighted by Crippen LogP contribution is -2.46. The van der Waals surface area contributed by atoms with Crippen LogP contribution in [-0.2, 0) is 15.0 Å². The van der Waals surface area contributed by atoms with Gasteiger partial charge >= 0.3 is 5.97 Å². The van der Waals surface area contributed by atoms with Gasteiger partial charge in [0.2, 0.25) is 5.91 Å². The van der Waals surface area contributed by atoms with Gasteiger partial charge in [0.05, 0.1) is 12.0 Å². The smallest absolute Gasteiger partial charge is 0.317 e. The van der Waals surface area contributed by atoms with Crippen molar-refractivity contribution in [3.8, 4) is 0 Å². The predicted molar refractivity (Wildman–Crippen MR) is 106 cm³/mol. The predicted octanol–water partition coefficient (Wildman–Crippen LogP) is 3.55. The van der Waals surface area contributed by atoms with Crippen molar-refractivity contribution < 1.29 is 14.7 Å². The number of carboxylic acids is 1. The first kappa shape index (κ1) is 20.2. The van der Waals surface area contributed by atoms with Crippen LogP contribution in [0.2, 0.25) is 5.02 Å². The van der Waals surface area contributed by atoms with Gasteiger partial charge in [-0.2, -0.15) is 0 Å². The van der Waals surface area contributed by atoms with Gasteiger partial charge in [-0.3, -0.25) is 14.5 Å². The molecule has 1 N–H and O–H groups in total. The topological polar surface area (TPSA) is 60.9 Å². The Balaban J connectivity index is 1.75. The standard InChI is InChI=1S/C21H29ClN2O3/c1-23(15-19(25)26)18-8-5-12-24(13-9-18)20(27)21(10-2-3-11-21)16-6-4-7-17(22)14-16/h4,6-7,14,18H,2-3,5,8-13,15H2,1H3,(H,25,26). The van der Waals surface area contributed by atoms with Crippen LogP contribution in [-0.4, -0.2) is 59.5 Å². The van der Waals surface area contributed by atoms with E-state index >= 15 is 0 Å². The lowest BCUT2D eigenvalue weighted by atomic mass is 9.77. The molecule has 1 aliphatic carbocycles. The van der Waals surface area contributed by atoms with Crippen molar-refractivity contribution in [1.29, 1.82) is 0 Å². The number of rotatable bonds is 5. The van der Waals surface area contributed by atoms with Gasteiger partial charge in [-0.1, -0.05) is 36.6 Å². The van der Waals surface area contributed by atoms with E-state index in [1.165, 1.54) is 0 Å². The Labute approximate surface area is 166 Å². The van der Waals surface area contributed by atoms with Crippen molar-refractivity contribution in [1.82, 2.24) is 9.80 Å². The molecular weight excluding hydrogens is 364 g/mol. The van der Waals surface area contributed by atoms with E-state index in [4.69, 9.17) is 16.7 Å². The number of nitrogens with zero attached hydrogens (tertiary/aromatic N) is 2. The average Bonchev–Trinajstić information content (AvgIpc) is 2.99. The molecule has 2 aliphatic rings. The molecule has 27 heavy (non-hydrogen) atoms. The van der Waals surface area contributed by atoms with Crippen molar-refractivity contribution >= 4 is 23.5 Å². The summed E-state index contributed by atoms with van der Waals surface area (Å²) in [5.74, 6) is -0.579. The minimum atomic E-state index is -0.805. The van der Waals surface area contributed by atoms with Crippen molar-refractivity contribution in [2.75, 3.05) is 26.7 Å². The Hall–Kier alpha value is -1.59. The van der Waals surface area contributed by atoms with E-state index in [0.29, 0.717) is 11.6 Å². The van der Waals surface area contributed by atoms with Gasteiger partial charge in [0.25, 0.3) is 0 Å². The zero-order valence-corrected chi connectivity index (χ0v) is 16.7. The molecule has 1 saturated carbocycles. The molecule has 1 atom stereocenters. The van der Waals surface area contributed by atoms with Gasteiger partial charge in [-0.25, -0.2) is 0 Å². The summed E-state index contributed by atoms with van der Waals surface area (Å²) < 4.78 is 0. The largest absolute Gasteiger partial charge is 0.480 e. The van der Waals surface area contributed by atoms with Gasteiger partial charge in [-0.05, 0) is 56.8 Å². The van der Waals surface area contributed by atoms with Crippen molar-refractivity contribution in [3.63, 3.8) is 0 Å². The number of likely N-dealkylation sites (tertiary alicyclic amines) is 1. The normalized spacial score (nSPS) is 22.6. The third-order valence-electron chi connectivity index (χ3n) is 6.24. The fourth-order valence-electron chi connectivity index (χ4n) is 4.76. The average molecular weight is 393 g/mol. The van der Waals surface area contributed by atoms with E-state index in [9.17, 15) is 9.59 Å². The van der Waals surface area contributed by atoms with Crippen LogP contribution in [0.15, 0.2) is 24.3 Å². The molecule has 1 aromatic carbocycles. The van der Waals surface area contributed by atoms with E-state index in [1.807, 2.05) is 41.1 Å². The zero-order chi connectivity index (χ0) is 19.4. The quantitative estimate of drug-likeness (QED) is 0.832. The Morgan fingerprint density at radius 2 is 1.96 bits per heavy atom. The fourth-order valence-corrected chi connectivity index (χ4v) is 4.95. The number of carbonyl (C=O) groups excluding carboxylic acids is 1. The van der Waals surface area contributed by atoms with Crippen LogP contribution >= 0.6 is 11.6 Å². The summed E-state index contributed by atoms with van der Waals surface area (Å²) in [7, 11) is 1.86. The number of aliphatic carboxylic acids is 1. The molecule has 0 bridgehead atoms. The highest BCUT2D eigenvalue weighted by Crippen LogP contribution is 2.43. The van der Waals surface area contributed by atoms with Crippen LogP contribution < -0.4 is 0 Å². The van der Waals surface area contributed by atoms with Crippen LogP contribution in [0.25, 0.3) is 0 Å². The van der Waals surface area contributed by atoms with Crippen LogP contribution in [0.1, 0.15) is 50.5 Å². The van der Waals surface area contributed by atoms with Crippen LogP contribution in [0.4, 0.5) is 0 Å². The van der Waals surface area contributed by atoms with Gasteiger partial charge in [0, 0.05) is 24.2 Å². The molecule has 1 aliphatic heterocycles. The third kappa shape index (κ3) is 4.46. The van der Waals surface area contributed by atoms with Gasteiger partial charge in [0.15, 0.2) is 0 Å². The molecule has 2 fully saturated rings. The summed E-state index contributed by atoms with van der Waals surface area (Å²) in [6, 6.07) is 7.99. The summed E-state index contributed by atoms with van der Waals surface area (Å²) in [5.41, 5.74) is 0.596. The molecule has 0 spiro atoms. The lowest BCUT2D eigenvalue weighted by Gasteiger charge is -2.35. The minimum Gasteiger partial charge on any atom is -0.480 e. The maximum Gasteiger partial charge on any atom is 0.317 e. The van der Waals surface area contributed by atoms with Crippen LogP contribution in [0.5, 0.6) is 0 Å². The molecule has 1 aromatic rings. The molecule has 0 radical (unpaired) electrons. The fraction of sp³-hybridized carbons (Fsp3) is 0.619. The van der Waals surface area contributed by atoms with E-state index in [-0.39, 0.29) is 18.5 Å². The molecular formula is C21H29ClN2O3. The summed E-state index contributed by atoms with van der Waals surface area (Å²) in [4.78, 5) is 28.5. The monoisotopic (exact) mass is 392 g/mol. The number of benzene rings is 1. The molecule has 1 heterocycles. The summed E-state index contributed by atoms with van der Waals surface area (Å²) >= 11 is 6.22. The summed E-state index contributed by atoms with van der Waals surface area (Å²) in [6.45, 7) is 1.49. The number of carbonyl (C=O) groups is 2. The van der Waals surface area contributed by atoms with Crippen molar-refractivity contribution in [3.05, 3.63) is 34.9 Å². The molecule has 3 rings (SSSR count). The maximum absolute atomic E-state index is 13.6. The Bertz CT molecular complexity index is 688. The highest BCUT2D eigenvalue weighted by atomic mass is 35.5. The number of hydrogen-bond acceptors (Lipinski definition) is 3.